The Labute approximate surface area is 214 Å². The number of likely N-dealkylation sites (N-methyl/N-ethyl adjacent to an activating group) is 1. The molecule has 36 heavy (non-hydrogen) atoms. The molecule has 3 aliphatic carbocycles. The average molecular weight is 487 g/mol. The van der Waals surface area contributed by atoms with Crippen LogP contribution in [-0.4, -0.2) is 18.1 Å². The second kappa shape index (κ2) is 12.2. The second-order valence-corrected chi connectivity index (χ2v) is 9.45. The van der Waals surface area contributed by atoms with Gasteiger partial charge in [0, 0.05) is 24.1 Å². The number of nitrogens with two attached hydrogens (primary N) is 1. The van der Waals surface area contributed by atoms with Crippen molar-refractivity contribution >= 4 is 17.3 Å². The molecule has 0 aromatic heterocycles. The third-order valence-electron chi connectivity index (χ3n) is 6.24. The van der Waals surface area contributed by atoms with E-state index >= 15 is 0 Å². The van der Waals surface area contributed by atoms with Crippen LogP contribution in [0, 0.1) is 18.3 Å². The van der Waals surface area contributed by atoms with Crippen LogP contribution in [0.5, 0.6) is 0 Å². The molecule has 6 nitrogen and oxygen atoms in total. The quantitative estimate of drug-likeness (QED) is 0.313. The number of fused-ring (bicyclic) bond motifs is 1. The van der Waals surface area contributed by atoms with Gasteiger partial charge in [-0.2, -0.15) is 0 Å². The molecule has 0 spiro atoms. The minimum Gasteiger partial charge on any atom is -0.512 e. The third kappa shape index (κ3) is 7.80. The summed E-state index contributed by atoms with van der Waals surface area (Å²) in [6.07, 6.45) is 11.6. The van der Waals surface area contributed by atoms with Gasteiger partial charge in [-0.1, -0.05) is 74.9 Å². The highest BCUT2D eigenvalue weighted by atomic mass is 16.3. The molecule has 2 aromatic rings. The van der Waals surface area contributed by atoms with Gasteiger partial charge in [0.05, 0.1) is 17.6 Å². The summed E-state index contributed by atoms with van der Waals surface area (Å²) in [4.78, 5) is 11.3. The molecule has 2 unspecified atom stereocenters. The Hall–Kier alpha value is -3.93. The Balaban J connectivity index is 0.000000210. The van der Waals surface area contributed by atoms with Gasteiger partial charge in [0.15, 0.2) is 0 Å². The summed E-state index contributed by atoms with van der Waals surface area (Å²) in [5, 5.41) is 18.3. The Morgan fingerprint density at radius 1 is 1.08 bits per heavy atom. The number of nitrogens with one attached hydrogen (secondary N) is 3. The van der Waals surface area contributed by atoms with Gasteiger partial charge in [0.1, 0.15) is 5.82 Å². The van der Waals surface area contributed by atoms with Crippen LogP contribution in [0.4, 0.5) is 11.4 Å². The van der Waals surface area contributed by atoms with Gasteiger partial charge in [0.2, 0.25) is 5.91 Å². The van der Waals surface area contributed by atoms with Crippen molar-refractivity contribution in [3.8, 4) is 0 Å². The van der Waals surface area contributed by atoms with Crippen LogP contribution in [0.25, 0.3) is 0 Å². The Morgan fingerprint density at radius 3 is 2.31 bits per heavy atom. The third-order valence-corrected chi connectivity index (χ3v) is 6.24. The fourth-order valence-corrected chi connectivity index (χ4v) is 3.73. The largest absolute Gasteiger partial charge is 0.512 e. The molecule has 6 heteroatoms. The van der Waals surface area contributed by atoms with Gasteiger partial charge in [-0.25, -0.2) is 0 Å². The van der Waals surface area contributed by atoms with Gasteiger partial charge in [-0.05, 0) is 54.7 Å². The minimum absolute atomic E-state index is 0.00587. The van der Waals surface area contributed by atoms with Crippen molar-refractivity contribution in [3.63, 3.8) is 0 Å². The SMILES string of the molecule is C1CC1.C=C(Nc1ccc(CC(=O)NC)cc1)Nc1ccccc1C.C=C(O)C12C=CC(N)=CC1C2. The number of hydrogen-bond acceptors (Lipinski definition) is 5. The maximum absolute atomic E-state index is 11.3. The highest BCUT2D eigenvalue weighted by Crippen LogP contribution is 2.60. The maximum Gasteiger partial charge on any atom is 0.224 e. The number of carbonyl (C=O) groups is 1. The Bertz CT molecular complexity index is 1150. The van der Waals surface area contributed by atoms with Gasteiger partial charge >= 0.3 is 0 Å². The van der Waals surface area contributed by atoms with Crippen molar-refractivity contribution < 1.29 is 9.90 Å². The van der Waals surface area contributed by atoms with Crippen molar-refractivity contribution in [2.45, 2.75) is 39.0 Å². The zero-order valence-corrected chi connectivity index (χ0v) is 21.3. The smallest absolute Gasteiger partial charge is 0.224 e. The fraction of sp³-hybridized carbons (Fsp3) is 0.300. The monoisotopic (exact) mass is 486 g/mol. The van der Waals surface area contributed by atoms with Crippen LogP contribution in [-0.2, 0) is 11.2 Å². The highest BCUT2D eigenvalue weighted by molar-refractivity contribution is 5.78. The zero-order valence-electron chi connectivity index (χ0n) is 21.3. The van der Waals surface area contributed by atoms with Crippen LogP contribution >= 0.6 is 0 Å². The first-order valence-electron chi connectivity index (χ1n) is 12.4. The van der Waals surface area contributed by atoms with E-state index in [1.807, 2.05) is 73.7 Å². The molecule has 0 bridgehead atoms. The van der Waals surface area contributed by atoms with E-state index < -0.39 is 0 Å². The number of aliphatic hydroxyl groups excluding tert-OH is 1. The lowest BCUT2D eigenvalue weighted by atomic mass is 9.97. The maximum atomic E-state index is 11.3. The second-order valence-electron chi connectivity index (χ2n) is 9.45. The number of allylic oxidation sites excluding steroid dienone is 3. The molecule has 6 N–H and O–H groups in total. The number of carbonyl (C=O) groups excluding carboxylic acids is 1. The molecule has 0 saturated heterocycles. The first kappa shape index (κ1) is 26.7. The number of aryl methyl sites for hydroxylation is 1. The van der Waals surface area contributed by atoms with Crippen molar-refractivity contribution in [1.82, 2.24) is 5.32 Å². The molecular weight excluding hydrogens is 448 g/mol. The molecule has 5 rings (SSSR count). The number of anilines is 2. The summed E-state index contributed by atoms with van der Waals surface area (Å²) in [5.41, 5.74) is 10.3. The molecule has 1 amide bonds. The summed E-state index contributed by atoms with van der Waals surface area (Å²) in [7, 11) is 1.64. The van der Waals surface area contributed by atoms with Crippen LogP contribution in [0.2, 0.25) is 0 Å². The predicted octanol–water partition coefficient (Wildman–Crippen LogP) is 5.93. The van der Waals surface area contributed by atoms with E-state index in [1.165, 1.54) is 19.3 Å². The molecule has 0 radical (unpaired) electrons. The molecule has 2 aromatic carbocycles. The highest BCUT2D eigenvalue weighted by Gasteiger charge is 2.54. The minimum atomic E-state index is -0.150. The first-order valence-corrected chi connectivity index (χ1v) is 12.4. The van der Waals surface area contributed by atoms with E-state index in [0.717, 1.165) is 34.6 Å². The summed E-state index contributed by atoms with van der Waals surface area (Å²) in [5.74, 6) is 1.37. The van der Waals surface area contributed by atoms with E-state index in [-0.39, 0.29) is 17.1 Å². The summed E-state index contributed by atoms with van der Waals surface area (Å²) < 4.78 is 0. The lowest BCUT2D eigenvalue weighted by Gasteiger charge is -2.14. The topological polar surface area (TPSA) is 99.4 Å². The standard InChI is InChI=1S/C18H21N3O.C9H11NO.C3H6/c1-13-6-4-5-7-17(13)21-14(2)20-16-10-8-15(9-11-16)12-18(22)19-3;1-6(11)9-3-2-8(10)4-7(9)5-9;1-2-3-1/h4-11,20-21H,2,12H2,1,3H3,(H,19,22);2-4,7,11H,1,5,10H2;1-3H2. The zero-order chi connectivity index (χ0) is 26.1. The number of para-hydroxylation sites is 1. The molecule has 0 heterocycles. The molecule has 2 atom stereocenters. The van der Waals surface area contributed by atoms with E-state index in [0.29, 0.717) is 18.2 Å². The van der Waals surface area contributed by atoms with Gasteiger partial charge in [-0.15, -0.1) is 0 Å². The van der Waals surface area contributed by atoms with Crippen LogP contribution in [0.3, 0.4) is 0 Å². The van der Waals surface area contributed by atoms with Crippen molar-refractivity contribution in [3.05, 3.63) is 108 Å². The van der Waals surface area contributed by atoms with E-state index in [4.69, 9.17) is 5.73 Å². The number of rotatable bonds is 7. The molecule has 0 aliphatic heterocycles. The molecule has 190 valence electrons. The number of amides is 1. The van der Waals surface area contributed by atoms with E-state index in [2.05, 4.69) is 29.1 Å². The van der Waals surface area contributed by atoms with Crippen LogP contribution < -0.4 is 21.7 Å². The lowest BCUT2D eigenvalue weighted by Crippen LogP contribution is -2.19. The summed E-state index contributed by atoms with van der Waals surface area (Å²) in [6.45, 7) is 9.58. The fourth-order valence-electron chi connectivity index (χ4n) is 3.73. The number of benzene rings is 2. The molecule has 3 aliphatic rings. The predicted molar refractivity (Wildman–Crippen MR) is 149 cm³/mol. The van der Waals surface area contributed by atoms with Crippen molar-refractivity contribution in [2.75, 3.05) is 17.7 Å². The van der Waals surface area contributed by atoms with Crippen LogP contribution in [0.1, 0.15) is 36.8 Å². The summed E-state index contributed by atoms with van der Waals surface area (Å²) >= 11 is 0. The van der Waals surface area contributed by atoms with Crippen molar-refractivity contribution in [2.24, 2.45) is 17.1 Å². The molecule has 2 saturated carbocycles. The normalized spacial score (nSPS) is 20.1. The first-order chi connectivity index (χ1) is 17.2. The van der Waals surface area contributed by atoms with Gasteiger partial charge in [-0.3, -0.25) is 4.79 Å². The molecule has 2 fully saturated rings. The Kier molecular flexibility index (Phi) is 9.01. The van der Waals surface area contributed by atoms with E-state index in [9.17, 15) is 9.90 Å². The lowest BCUT2D eigenvalue weighted by molar-refractivity contribution is -0.119. The summed E-state index contributed by atoms with van der Waals surface area (Å²) in [6, 6.07) is 15.8. The number of aliphatic hydroxyl groups is 1. The Morgan fingerprint density at radius 2 is 1.75 bits per heavy atom. The number of hydrogen-bond donors (Lipinski definition) is 5. The average Bonchev–Trinajstić information content (AvgIpc) is 3.76. The van der Waals surface area contributed by atoms with E-state index in [1.54, 1.807) is 7.05 Å². The van der Waals surface area contributed by atoms with Crippen molar-refractivity contribution in [1.29, 1.82) is 0 Å². The van der Waals surface area contributed by atoms with Gasteiger partial charge in [0.25, 0.3) is 0 Å². The molecular formula is C30H38N4O2. The van der Waals surface area contributed by atoms with Crippen LogP contribution in [0.15, 0.2) is 97.2 Å². The van der Waals surface area contributed by atoms with Gasteiger partial charge < -0.3 is 26.8 Å².